The Labute approximate surface area is 79.8 Å². The van der Waals surface area contributed by atoms with E-state index < -0.39 is 5.54 Å². The second kappa shape index (κ2) is 4.09. The molecule has 0 saturated carbocycles. The summed E-state index contributed by atoms with van der Waals surface area (Å²) in [7, 11) is 1.45. The third-order valence-corrected chi connectivity index (χ3v) is 2.79. The van der Waals surface area contributed by atoms with E-state index in [4.69, 9.17) is 4.74 Å². The van der Waals surface area contributed by atoms with Gasteiger partial charge in [0, 0.05) is 6.04 Å². The van der Waals surface area contributed by atoms with Crippen molar-refractivity contribution in [1.82, 2.24) is 5.32 Å². The molecule has 1 aliphatic heterocycles. The summed E-state index contributed by atoms with van der Waals surface area (Å²) in [6.45, 7) is 4.09. The normalized spacial score (nSPS) is 33.3. The molecule has 13 heavy (non-hydrogen) atoms. The Morgan fingerprint density at radius 1 is 1.69 bits per heavy atom. The number of nitrogens with one attached hydrogen (secondary N) is 1. The van der Waals surface area contributed by atoms with Gasteiger partial charge in [0.15, 0.2) is 0 Å². The number of rotatable bonds is 3. The molecule has 1 aliphatic rings. The highest BCUT2D eigenvalue weighted by Gasteiger charge is 2.40. The summed E-state index contributed by atoms with van der Waals surface area (Å²) in [5, 5.41) is 3.34. The summed E-state index contributed by atoms with van der Waals surface area (Å²) in [5.41, 5.74) is -0.436. The number of methoxy groups -OCH3 is 1. The van der Waals surface area contributed by atoms with Gasteiger partial charge in [0.25, 0.3) is 0 Å². The summed E-state index contributed by atoms with van der Waals surface area (Å²) < 4.78 is 4.76. The third-order valence-electron chi connectivity index (χ3n) is 2.79. The van der Waals surface area contributed by atoms with E-state index in [1.165, 1.54) is 7.11 Å². The van der Waals surface area contributed by atoms with Crippen molar-refractivity contribution >= 4 is 5.97 Å². The number of ether oxygens (including phenoxy) is 1. The van der Waals surface area contributed by atoms with Gasteiger partial charge in [-0.15, -0.1) is 0 Å². The molecule has 1 rings (SSSR count). The zero-order valence-electron chi connectivity index (χ0n) is 8.72. The SMILES string of the molecule is CCCC1CCC(C)(C(=O)OC)N1. The molecular weight excluding hydrogens is 166 g/mol. The predicted octanol–water partition coefficient (Wildman–Crippen LogP) is 1.47. The van der Waals surface area contributed by atoms with Crippen molar-refractivity contribution in [2.75, 3.05) is 7.11 Å². The third kappa shape index (κ3) is 2.21. The van der Waals surface area contributed by atoms with Gasteiger partial charge in [-0.2, -0.15) is 0 Å². The van der Waals surface area contributed by atoms with Crippen LogP contribution in [0.25, 0.3) is 0 Å². The van der Waals surface area contributed by atoms with E-state index in [9.17, 15) is 4.79 Å². The van der Waals surface area contributed by atoms with Gasteiger partial charge < -0.3 is 4.74 Å². The van der Waals surface area contributed by atoms with Crippen LogP contribution < -0.4 is 5.32 Å². The van der Waals surface area contributed by atoms with Crippen LogP contribution in [0.4, 0.5) is 0 Å². The highest BCUT2D eigenvalue weighted by molar-refractivity contribution is 5.80. The Morgan fingerprint density at radius 2 is 2.38 bits per heavy atom. The zero-order chi connectivity index (χ0) is 9.90. The number of carbonyl (C=O) groups is 1. The maximum absolute atomic E-state index is 11.4. The van der Waals surface area contributed by atoms with E-state index in [1.807, 2.05) is 6.92 Å². The second-order valence-corrected chi connectivity index (χ2v) is 3.99. The predicted molar refractivity (Wildman–Crippen MR) is 51.5 cm³/mol. The van der Waals surface area contributed by atoms with Crippen LogP contribution in [-0.4, -0.2) is 24.7 Å². The monoisotopic (exact) mass is 185 g/mol. The van der Waals surface area contributed by atoms with Crippen LogP contribution in [0, 0.1) is 0 Å². The highest BCUT2D eigenvalue weighted by atomic mass is 16.5. The first-order chi connectivity index (χ1) is 6.12. The van der Waals surface area contributed by atoms with E-state index in [0.29, 0.717) is 6.04 Å². The Kier molecular flexibility index (Phi) is 3.31. The van der Waals surface area contributed by atoms with Crippen molar-refractivity contribution in [3.63, 3.8) is 0 Å². The average Bonchev–Trinajstić information content (AvgIpc) is 2.48. The number of hydrogen-bond donors (Lipinski definition) is 1. The van der Waals surface area contributed by atoms with Crippen LogP contribution in [0.5, 0.6) is 0 Å². The lowest BCUT2D eigenvalue weighted by molar-refractivity contribution is -0.147. The maximum Gasteiger partial charge on any atom is 0.325 e. The van der Waals surface area contributed by atoms with Gasteiger partial charge in [-0.05, 0) is 26.2 Å². The van der Waals surface area contributed by atoms with E-state index >= 15 is 0 Å². The first-order valence-electron chi connectivity index (χ1n) is 4.98. The summed E-state index contributed by atoms with van der Waals surface area (Å²) >= 11 is 0. The van der Waals surface area contributed by atoms with Crippen molar-refractivity contribution in [2.45, 2.75) is 51.1 Å². The minimum absolute atomic E-state index is 0.133. The molecule has 3 heteroatoms. The van der Waals surface area contributed by atoms with Crippen LogP contribution in [-0.2, 0) is 9.53 Å². The van der Waals surface area contributed by atoms with Gasteiger partial charge in [-0.25, -0.2) is 0 Å². The molecule has 0 amide bonds. The van der Waals surface area contributed by atoms with Crippen molar-refractivity contribution in [3.8, 4) is 0 Å². The number of carbonyl (C=O) groups excluding carboxylic acids is 1. The maximum atomic E-state index is 11.4. The molecule has 1 N–H and O–H groups in total. The Morgan fingerprint density at radius 3 is 2.92 bits per heavy atom. The lowest BCUT2D eigenvalue weighted by atomic mass is 10.0. The fraction of sp³-hybridized carbons (Fsp3) is 0.900. The molecule has 3 nitrogen and oxygen atoms in total. The van der Waals surface area contributed by atoms with E-state index in [1.54, 1.807) is 0 Å². The van der Waals surface area contributed by atoms with Crippen LogP contribution >= 0.6 is 0 Å². The van der Waals surface area contributed by atoms with Crippen LogP contribution in [0.2, 0.25) is 0 Å². The Hall–Kier alpha value is -0.570. The quantitative estimate of drug-likeness (QED) is 0.677. The fourth-order valence-corrected chi connectivity index (χ4v) is 2.01. The second-order valence-electron chi connectivity index (χ2n) is 3.99. The van der Waals surface area contributed by atoms with Crippen molar-refractivity contribution in [1.29, 1.82) is 0 Å². The standard InChI is InChI=1S/C10H19NO2/c1-4-5-8-6-7-10(2,11-8)9(12)13-3/h8,11H,4-7H2,1-3H3. The molecule has 0 aliphatic carbocycles. The lowest BCUT2D eigenvalue weighted by Gasteiger charge is -2.22. The molecule has 0 bridgehead atoms. The van der Waals surface area contributed by atoms with Crippen LogP contribution in [0.15, 0.2) is 0 Å². The summed E-state index contributed by atoms with van der Waals surface area (Å²) in [6.07, 6.45) is 4.28. The lowest BCUT2D eigenvalue weighted by Crippen LogP contribution is -2.47. The molecular formula is C10H19NO2. The summed E-state index contributed by atoms with van der Waals surface area (Å²) in [4.78, 5) is 11.4. The van der Waals surface area contributed by atoms with E-state index in [0.717, 1.165) is 25.7 Å². The molecule has 2 unspecified atom stereocenters. The van der Waals surface area contributed by atoms with Crippen LogP contribution in [0.1, 0.15) is 39.5 Å². The number of esters is 1. The molecule has 1 heterocycles. The van der Waals surface area contributed by atoms with Crippen molar-refractivity contribution in [2.24, 2.45) is 0 Å². The molecule has 0 aromatic rings. The van der Waals surface area contributed by atoms with Gasteiger partial charge in [0.2, 0.25) is 0 Å². The summed E-state index contributed by atoms with van der Waals surface area (Å²) in [6, 6.07) is 0.495. The largest absolute Gasteiger partial charge is 0.468 e. The smallest absolute Gasteiger partial charge is 0.325 e. The molecule has 0 spiro atoms. The van der Waals surface area contributed by atoms with E-state index in [-0.39, 0.29) is 5.97 Å². The molecule has 0 aromatic heterocycles. The van der Waals surface area contributed by atoms with Gasteiger partial charge in [0.05, 0.1) is 7.11 Å². The van der Waals surface area contributed by atoms with Crippen LogP contribution in [0.3, 0.4) is 0 Å². The van der Waals surface area contributed by atoms with Gasteiger partial charge in [0.1, 0.15) is 5.54 Å². The Balaban J connectivity index is 2.50. The van der Waals surface area contributed by atoms with Gasteiger partial charge >= 0.3 is 5.97 Å². The molecule has 1 fully saturated rings. The molecule has 0 radical (unpaired) electrons. The molecule has 2 atom stereocenters. The minimum atomic E-state index is -0.436. The minimum Gasteiger partial charge on any atom is -0.468 e. The van der Waals surface area contributed by atoms with Gasteiger partial charge in [-0.3, -0.25) is 10.1 Å². The molecule has 0 aromatic carbocycles. The number of hydrogen-bond acceptors (Lipinski definition) is 3. The topological polar surface area (TPSA) is 38.3 Å². The zero-order valence-corrected chi connectivity index (χ0v) is 8.72. The highest BCUT2D eigenvalue weighted by Crippen LogP contribution is 2.26. The molecule has 76 valence electrons. The summed E-state index contributed by atoms with van der Waals surface area (Å²) in [5.74, 6) is -0.133. The van der Waals surface area contributed by atoms with Crippen molar-refractivity contribution < 1.29 is 9.53 Å². The first kappa shape index (κ1) is 10.5. The first-order valence-corrected chi connectivity index (χ1v) is 4.98. The van der Waals surface area contributed by atoms with Crippen molar-refractivity contribution in [3.05, 3.63) is 0 Å². The van der Waals surface area contributed by atoms with Gasteiger partial charge in [-0.1, -0.05) is 13.3 Å². The average molecular weight is 185 g/mol. The van der Waals surface area contributed by atoms with E-state index in [2.05, 4.69) is 12.2 Å². The Bertz CT molecular complexity index is 193. The molecule has 1 saturated heterocycles. The fourth-order valence-electron chi connectivity index (χ4n) is 2.01.